The van der Waals surface area contributed by atoms with E-state index in [2.05, 4.69) is 24.5 Å². The van der Waals surface area contributed by atoms with Gasteiger partial charge in [-0.1, -0.05) is 13.3 Å². The third-order valence-electron chi connectivity index (χ3n) is 5.35. The van der Waals surface area contributed by atoms with E-state index in [-0.39, 0.29) is 5.92 Å². The van der Waals surface area contributed by atoms with Gasteiger partial charge in [-0.3, -0.25) is 0 Å². The third kappa shape index (κ3) is 2.26. The van der Waals surface area contributed by atoms with Crippen LogP contribution < -0.4 is 0 Å². The first-order chi connectivity index (χ1) is 9.74. The summed E-state index contributed by atoms with van der Waals surface area (Å²) in [5.74, 6) is 2.10. The molecule has 0 aliphatic heterocycles. The monoisotopic (exact) mass is 271 g/mol. The fourth-order valence-electron chi connectivity index (χ4n) is 4.18. The van der Waals surface area contributed by atoms with Crippen LogP contribution in [0.5, 0.6) is 0 Å². The summed E-state index contributed by atoms with van der Waals surface area (Å²) in [6.45, 7) is 4.41. The number of nitrogens with zero attached hydrogens (tertiary/aromatic N) is 3. The molecule has 1 aromatic heterocycles. The van der Waals surface area contributed by atoms with Crippen molar-refractivity contribution in [3.8, 4) is 6.07 Å². The van der Waals surface area contributed by atoms with Gasteiger partial charge in [0.1, 0.15) is 5.82 Å². The zero-order valence-electron chi connectivity index (χ0n) is 12.7. The largest absolute Gasteiger partial charge is 0.328 e. The van der Waals surface area contributed by atoms with E-state index in [1.807, 2.05) is 0 Å². The number of hydrogen-bond donors (Lipinski definition) is 0. The van der Waals surface area contributed by atoms with Crippen LogP contribution >= 0.6 is 0 Å². The number of nitriles is 1. The molecule has 3 nitrogen and oxygen atoms in total. The second-order valence-corrected chi connectivity index (χ2v) is 6.52. The third-order valence-corrected chi connectivity index (χ3v) is 5.35. The van der Waals surface area contributed by atoms with Gasteiger partial charge in [0.15, 0.2) is 0 Å². The summed E-state index contributed by atoms with van der Waals surface area (Å²) in [5.41, 5.74) is 2.75. The van der Waals surface area contributed by atoms with E-state index in [9.17, 15) is 5.26 Å². The molecule has 2 aliphatic carbocycles. The molecule has 0 bridgehead atoms. The van der Waals surface area contributed by atoms with Gasteiger partial charge in [0.25, 0.3) is 0 Å². The molecule has 0 N–H and O–H groups in total. The Morgan fingerprint density at radius 3 is 2.85 bits per heavy atom. The molecule has 3 unspecified atom stereocenters. The first-order valence-electron chi connectivity index (χ1n) is 8.20. The Bertz CT molecular complexity index is 523. The van der Waals surface area contributed by atoms with Crippen LogP contribution in [0, 0.1) is 30.1 Å². The number of imidazole rings is 1. The summed E-state index contributed by atoms with van der Waals surface area (Å²) < 4.78 is 2.45. The fourth-order valence-corrected chi connectivity index (χ4v) is 4.18. The molecular formula is C17H25N3. The van der Waals surface area contributed by atoms with Gasteiger partial charge in [0, 0.05) is 5.69 Å². The lowest BCUT2D eigenvalue weighted by molar-refractivity contribution is 0.210. The fraction of sp³-hybridized carbons (Fsp3) is 0.765. The standard InChI is InChI=1S/C17H25N3/c1-3-13-8-9-14(11-18)17(10-13)20-12(2)19-15-6-4-5-7-16(15)20/h13-14,17H,3-10H2,1-2H3. The zero-order chi connectivity index (χ0) is 14.1. The van der Waals surface area contributed by atoms with Crippen molar-refractivity contribution in [3.05, 3.63) is 17.2 Å². The SMILES string of the molecule is CCC1CCC(C#N)C(n2c(C)nc3c2CCCC3)C1. The lowest BCUT2D eigenvalue weighted by atomic mass is 9.77. The average molecular weight is 271 g/mol. The van der Waals surface area contributed by atoms with Gasteiger partial charge < -0.3 is 4.57 Å². The topological polar surface area (TPSA) is 41.6 Å². The van der Waals surface area contributed by atoms with Crippen molar-refractivity contribution in [2.45, 2.75) is 71.3 Å². The van der Waals surface area contributed by atoms with E-state index in [1.54, 1.807) is 0 Å². The van der Waals surface area contributed by atoms with Gasteiger partial charge in [-0.15, -0.1) is 0 Å². The van der Waals surface area contributed by atoms with Gasteiger partial charge >= 0.3 is 0 Å². The highest BCUT2D eigenvalue weighted by molar-refractivity contribution is 5.22. The maximum absolute atomic E-state index is 9.53. The van der Waals surface area contributed by atoms with Gasteiger partial charge in [0.2, 0.25) is 0 Å². The van der Waals surface area contributed by atoms with E-state index in [4.69, 9.17) is 4.98 Å². The van der Waals surface area contributed by atoms with Crippen molar-refractivity contribution in [2.24, 2.45) is 11.8 Å². The molecule has 0 amide bonds. The molecule has 3 atom stereocenters. The summed E-state index contributed by atoms with van der Waals surface area (Å²) in [6, 6.07) is 2.94. The molecule has 1 saturated carbocycles. The molecule has 108 valence electrons. The van der Waals surface area contributed by atoms with Gasteiger partial charge in [-0.25, -0.2) is 4.98 Å². The van der Waals surface area contributed by atoms with Crippen molar-refractivity contribution in [1.29, 1.82) is 5.26 Å². The van der Waals surface area contributed by atoms with Crippen molar-refractivity contribution in [2.75, 3.05) is 0 Å². The number of fused-ring (bicyclic) bond motifs is 1. The van der Waals surface area contributed by atoms with E-state index >= 15 is 0 Å². The van der Waals surface area contributed by atoms with Crippen molar-refractivity contribution < 1.29 is 0 Å². The number of hydrogen-bond acceptors (Lipinski definition) is 2. The quantitative estimate of drug-likeness (QED) is 0.817. The summed E-state index contributed by atoms with van der Waals surface area (Å²) in [7, 11) is 0. The molecule has 1 aromatic rings. The first kappa shape index (κ1) is 13.7. The van der Waals surface area contributed by atoms with E-state index < -0.39 is 0 Å². The minimum atomic E-state index is 0.178. The number of rotatable bonds is 2. The summed E-state index contributed by atoms with van der Waals surface area (Å²) in [4.78, 5) is 4.80. The smallest absolute Gasteiger partial charge is 0.106 e. The number of aromatic nitrogens is 2. The summed E-state index contributed by atoms with van der Waals surface area (Å²) in [6.07, 6.45) is 9.52. The predicted octanol–water partition coefficient (Wildman–Crippen LogP) is 3.96. The van der Waals surface area contributed by atoms with Crippen molar-refractivity contribution in [1.82, 2.24) is 9.55 Å². The van der Waals surface area contributed by atoms with Crippen LogP contribution in [0.4, 0.5) is 0 Å². The van der Waals surface area contributed by atoms with Crippen LogP contribution in [0.3, 0.4) is 0 Å². The summed E-state index contributed by atoms with van der Waals surface area (Å²) >= 11 is 0. The van der Waals surface area contributed by atoms with Crippen LogP contribution in [0.2, 0.25) is 0 Å². The Kier molecular flexibility index (Phi) is 3.83. The van der Waals surface area contributed by atoms with Crippen LogP contribution in [-0.2, 0) is 12.8 Å². The molecule has 3 heteroatoms. The van der Waals surface area contributed by atoms with E-state index in [1.165, 1.54) is 43.5 Å². The molecule has 0 spiro atoms. The highest BCUT2D eigenvalue weighted by atomic mass is 15.1. The van der Waals surface area contributed by atoms with Gasteiger partial charge in [0.05, 0.1) is 23.7 Å². The highest BCUT2D eigenvalue weighted by Crippen LogP contribution is 2.40. The molecule has 0 aromatic carbocycles. The van der Waals surface area contributed by atoms with Crippen LogP contribution in [0.15, 0.2) is 0 Å². The lowest BCUT2D eigenvalue weighted by Crippen LogP contribution is -2.29. The van der Waals surface area contributed by atoms with Crippen molar-refractivity contribution in [3.63, 3.8) is 0 Å². The molecule has 1 fully saturated rings. The molecule has 2 aliphatic rings. The Morgan fingerprint density at radius 2 is 2.10 bits per heavy atom. The Hall–Kier alpha value is -1.30. The second-order valence-electron chi connectivity index (χ2n) is 6.52. The van der Waals surface area contributed by atoms with Gasteiger partial charge in [-0.05, 0) is 57.8 Å². The molecule has 20 heavy (non-hydrogen) atoms. The Balaban J connectivity index is 1.97. The molecule has 0 radical (unpaired) electrons. The second kappa shape index (κ2) is 5.60. The van der Waals surface area contributed by atoms with Crippen LogP contribution in [0.25, 0.3) is 0 Å². The van der Waals surface area contributed by atoms with Gasteiger partial charge in [-0.2, -0.15) is 5.26 Å². The zero-order valence-corrected chi connectivity index (χ0v) is 12.7. The Labute approximate surface area is 122 Å². The average Bonchev–Trinajstić information content (AvgIpc) is 2.82. The molecule has 0 saturated heterocycles. The van der Waals surface area contributed by atoms with E-state index in [0.29, 0.717) is 6.04 Å². The predicted molar refractivity (Wildman–Crippen MR) is 79.4 cm³/mol. The molecular weight excluding hydrogens is 246 g/mol. The van der Waals surface area contributed by atoms with Crippen LogP contribution in [0.1, 0.15) is 68.7 Å². The molecule has 1 heterocycles. The van der Waals surface area contributed by atoms with E-state index in [0.717, 1.165) is 31.0 Å². The first-order valence-corrected chi connectivity index (χ1v) is 8.20. The minimum Gasteiger partial charge on any atom is -0.328 e. The maximum Gasteiger partial charge on any atom is 0.106 e. The minimum absolute atomic E-state index is 0.178. The van der Waals surface area contributed by atoms with Crippen LogP contribution in [-0.4, -0.2) is 9.55 Å². The number of aryl methyl sites for hydroxylation is 2. The maximum atomic E-state index is 9.53. The molecule has 3 rings (SSSR count). The van der Waals surface area contributed by atoms with Crippen molar-refractivity contribution >= 4 is 0 Å². The lowest BCUT2D eigenvalue weighted by Gasteiger charge is -2.35. The highest BCUT2D eigenvalue weighted by Gasteiger charge is 2.34. The normalized spacial score (nSPS) is 29.8. The Morgan fingerprint density at radius 1 is 1.30 bits per heavy atom. The summed E-state index contributed by atoms with van der Waals surface area (Å²) in [5, 5.41) is 9.53.